The number of rotatable bonds is 3. The Hall–Kier alpha value is -0.400. The number of aliphatic hydroxyl groups is 6. The summed E-state index contributed by atoms with van der Waals surface area (Å²) in [6.07, 6.45) is -12.5. The first-order valence-electron chi connectivity index (χ1n) is 7.03. The third-order valence-electron chi connectivity index (χ3n) is 4.21. The molecule has 3 heterocycles. The Kier molecular flexibility index (Phi) is 4.67. The van der Waals surface area contributed by atoms with Gasteiger partial charge >= 0.3 is 0 Å². The van der Waals surface area contributed by atoms with Crippen LogP contribution in [0, 0.1) is 0 Å². The fraction of sp³-hybridized carbons (Fsp3) is 1.00. The highest BCUT2D eigenvalue weighted by molar-refractivity contribution is 4.96. The van der Waals surface area contributed by atoms with Crippen molar-refractivity contribution >= 4 is 0 Å². The van der Waals surface area contributed by atoms with Crippen LogP contribution in [0.1, 0.15) is 0 Å². The molecule has 3 saturated heterocycles. The molecule has 10 nitrogen and oxygen atoms in total. The van der Waals surface area contributed by atoms with E-state index >= 15 is 0 Å². The van der Waals surface area contributed by atoms with Gasteiger partial charge in [-0.15, -0.1) is 0 Å². The molecule has 0 aromatic carbocycles. The largest absolute Gasteiger partial charge is 0.394 e. The lowest BCUT2D eigenvalue weighted by Gasteiger charge is -2.43. The van der Waals surface area contributed by atoms with Crippen LogP contribution in [0.3, 0.4) is 0 Å². The van der Waals surface area contributed by atoms with Gasteiger partial charge in [-0.3, -0.25) is 0 Å². The van der Waals surface area contributed by atoms with E-state index in [0.29, 0.717) is 0 Å². The summed E-state index contributed by atoms with van der Waals surface area (Å²) in [7, 11) is 0. The van der Waals surface area contributed by atoms with Crippen LogP contribution < -0.4 is 0 Å². The van der Waals surface area contributed by atoms with Crippen LogP contribution in [0.2, 0.25) is 0 Å². The minimum absolute atomic E-state index is 0.0842. The first-order chi connectivity index (χ1) is 10.4. The maximum Gasteiger partial charge on any atom is 0.187 e. The molecule has 0 aromatic heterocycles. The molecule has 10 heteroatoms. The standard InChI is InChI=1S/C12H20O10/c13-1-3-5(14)6(15)8(17)12(20-3)22-10-4-2-19-11(21-4)9(18)7(10)16/h3-18H,1-2H2/t3-,4?,5+,6?,7?,8-,9-,10+,11+,12-/m0/s1. The fourth-order valence-corrected chi connectivity index (χ4v) is 2.87. The Bertz CT molecular complexity index is 392. The summed E-state index contributed by atoms with van der Waals surface area (Å²) in [4.78, 5) is 0. The van der Waals surface area contributed by atoms with Crippen molar-refractivity contribution in [1.82, 2.24) is 0 Å². The average Bonchev–Trinajstić information content (AvgIpc) is 2.96. The van der Waals surface area contributed by atoms with Gasteiger partial charge in [0.2, 0.25) is 0 Å². The highest BCUT2D eigenvalue weighted by Crippen LogP contribution is 2.32. The Morgan fingerprint density at radius 2 is 1.59 bits per heavy atom. The zero-order valence-electron chi connectivity index (χ0n) is 11.5. The van der Waals surface area contributed by atoms with Crippen LogP contribution in [0.15, 0.2) is 0 Å². The lowest BCUT2D eigenvalue weighted by atomic mass is 9.98. The molecule has 0 aromatic rings. The van der Waals surface area contributed by atoms with Gasteiger partial charge in [0, 0.05) is 0 Å². The second kappa shape index (κ2) is 6.24. The van der Waals surface area contributed by atoms with Gasteiger partial charge in [0.1, 0.15) is 48.8 Å². The van der Waals surface area contributed by atoms with Crippen LogP contribution in [0.5, 0.6) is 0 Å². The first kappa shape index (κ1) is 16.5. The van der Waals surface area contributed by atoms with Crippen molar-refractivity contribution in [3.8, 4) is 0 Å². The zero-order valence-corrected chi connectivity index (χ0v) is 11.5. The molecular formula is C12H20O10. The molecule has 0 aliphatic carbocycles. The van der Waals surface area contributed by atoms with Crippen LogP contribution in [-0.4, -0.2) is 105 Å². The molecule has 3 aliphatic rings. The Balaban J connectivity index is 1.71. The van der Waals surface area contributed by atoms with Crippen LogP contribution in [0.25, 0.3) is 0 Å². The van der Waals surface area contributed by atoms with Crippen molar-refractivity contribution < 1.29 is 49.6 Å². The van der Waals surface area contributed by atoms with E-state index in [4.69, 9.17) is 24.1 Å². The van der Waals surface area contributed by atoms with E-state index in [2.05, 4.69) is 0 Å². The van der Waals surface area contributed by atoms with E-state index in [1.807, 2.05) is 0 Å². The van der Waals surface area contributed by atoms with Crippen molar-refractivity contribution in [2.75, 3.05) is 13.2 Å². The summed E-state index contributed by atoms with van der Waals surface area (Å²) in [6.45, 7) is -0.507. The number of ether oxygens (including phenoxy) is 4. The maximum atomic E-state index is 10.0. The Labute approximate surface area is 125 Å². The minimum atomic E-state index is -1.60. The highest BCUT2D eigenvalue weighted by atomic mass is 16.8. The second-order valence-corrected chi connectivity index (χ2v) is 5.66. The van der Waals surface area contributed by atoms with Gasteiger partial charge in [0.25, 0.3) is 0 Å². The molecule has 3 rings (SSSR count). The molecule has 0 spiro atoms. The van der Waals surface area contributed by atoms with Crippen LogP contribution in [-0.2, 0) is 18.9 Å². The zero-order chi connectivity index (χ0) is 16.0. The molecule has 22 heavy (non-hydrogen) atoms. The van der Waals surface area contributed by atoms with E-state index < -0.39 is 68.0 Å². The fourth-order valence-electron chi connectivity index (χ4n) is 2.87. The predicted molar refractivity (Wildman–Crippen MR) is 65.3 cm³/mol. The van der Waals surface area contributed by atoms with Gasteiger partial charge < -0.3 is 49.6 Å². The molecule has 10 atom stereocenters. The monoisotopic (exact) mass is 324 g/mol. The molecule has 3 aliphatic heterocycles. The minimum Gasteiger partial charge on any atom is -0.394 e. The van der Waals surface area contributed by atoms with Gasteiger partial charge in [-0.1, -0.05) is 0 Å². The third kappa shape index (κ3) is 2.65. The van der Waals surface area contributed by atoms with Crippen molar-refractivity contribution in [2.45, 2.75) is 61.4 Å². The lowest BCUT2D eigenvalue weighted by Crippen LogP contribution is -2.62. The quantitative estimate of drug-likeness (QED) is 0.299. The van der Waals surface area contributed by atoms with E-state index in [-0.39, 0.29) is 6.61 Å². The van der Waals surface area contributed by atoms with E-state index in [1.54, 1.807) is 0 Å². The Morgan fingerprint density at radius 3 is 2.27 bits per heavy atom. The van der Waals surface area contributed by atoms with Crippen LogP contribution >= 0.6 is 0 Å². The number of hydrogen-bond donors (Lipinski definition) is 6. The van der Waals surface area contributed by atoms with Gasteiger partial charge in [0.15, 0.2) is 12.6 Å². The molecule has 0 amide bonds. The van der Waals surface area contributed by atoms with Crippen molar-refractivity contribution in [2.24, 2.45) is 0 Å². The molecule has 0 saturated carbocycles. The summed E-state index contributed by atoms with van der Waals surface area (Å²) >= 11 is 0. The van der Waals surface area contributed by atoms with Crippen molar-refractivity contribution in [3.05, 3.63) is 0 Å². The molecule has 3 unspecified atom stereocenters. The van der Waals surface area contributed by atoms with Crippen molar-refractivity contribution in [1.29, 1.82) is 0 Å². The topological polar surface area (TPSA) is 158 Å². The summed E-state index contributed by atoms with van der Waals surface area (Å²) in [5.74, 6) is 0. The van der Waals surface area contributed by atoms with Gasteiger partial charge in [0.05, 0.1) is 13.2 Å². The average molecular weight is 324 g/mol. The summed E-state index contributed by atoms with van der Waals surface area (Å²) in [6, 6.07) is 0. The third-order valence-corrected chi connectivity index (χ3v) is 4.21. The SMILES string of the molecule is OC[C@@H]1O[C@@H](O[C@@H]2C3CO[C@H](O3)[C@@H](O)C2O)[C@@H](O)C(O)[C@@H]1O. The normalized spacial score (nSPS) is 55.4. The van der Waals surface area contributed by atoms with Gasteiger partial charge in [-0.05, 0) is 0 Å². The molecular weight excluding hydrogens is 304 g/mol. The summed E-state index contributed by atoms with van der Waals surface area (Å²) in [5.41, 5.74) is 0. The number of fused-ring (bicyclic) bond motifs is 2. The summed E-state index contributed by atoms with van der Waals surface area (Å²) in [5, 5.41) is 58.3. The molecule has 128 valence electrons. The maximum absolute atomic E-state index is 10.0. The van der Waals surface area contributed by atoms with Crippen LogP contribution in [0.4, 0.5) is 0 Å². The van der Waals surface area contributed by atoms with Crippen molar-refractivity contribution in [3.63, 3.8) is 0 Å². The van der Waals surface area contributed by atoms with E-state index in [1.165, 1.54) is 0 Å². The summed E-state index contributed by atoms with van der Waals surface area (Å²) < 4.78 is 21.1. The lowest BCUT2D eigenvalue weighted by molar-refractivity contribution is -0.337. The van der Waals surface area contributed by atoms with E-state index in [0.717, 1.165) is 0 Å². The van der Waals surface area contributed by atoms with Gasteiger partial charge in [-0.25, -0.2) is 0 Å². The molecule has 3 fully saturated rings. The highest BCUT2D eigenvalue weighted by Gasteiger charge is 2.53. The molecule has 6 N–H and O–H groups in total. The second-order valence-electron chi connectivity index (χ2n) is 5.66. The number of hydrogen-bond acceptors (Lipinski definition) is 10. The molecule has 2 bridgehead atoms. The smallest absolute Gasteiger partial charge is 0.187 e. The van der Waals surface area contributed by atoms with Gasteiger partial charge in [-0.2, -0.15) is 0 Å². The Morgan fingerprint density at radius 1 is 0.864 bits per heavy atom. The predicted octanol–water partition coefficient (Wildman–Crippen LogP) is -4.35. The van der Waals surface area contributed by atoms with E-state index in [9.17, 15) is 25.5 Å². The number of aliphatic hydroxyl groups excluding tert-OH is 6. The molecule has 0 radical (unpaired) electrons. The first-order valence-corrected chi connectivity index (χ1v) is 7.03.